The summed E-state index contributed by atoms with van der Waals surface area (Å²) in [5.74, 6) is 1.88. The Morgan fingerprint density at radius 1 is 1.03 bits per heavy atom. The molecule has 0 unspecified atom stereocenters. The molecule has 0 saturated carbocycles. The van der Waals surface area contributed by atoms with Gasteiger partial charge in [-0.1, -0.05) is 51.5 Å². The molecule has 1 aromatic carbocycles. The average molecular weight is 483 g/mol. The van der Waals surface area contributed by atoms with Crippen LogP contribution in [0.2, 0.25) is 0 Å². The Kier molecular flexibility index (Phi) is 6.62. The van der Waals surface area contributed by atoms with Crippen LogP contribution in [0.25, 0.3) is 28.3 Å². The van der Waals surface area contributed by atoms with E-state index in [1.165, 1.54) is 0 Å². The molecule has 9 heteroatoms. The maximum Gasteiger partial charge on any atom is 0.334 e. The van der Waals surface area contributed by atoms with Gasteiger partial charge in [0.1, 0.15) is 5.82 Å². The van der Waals surface area contributed by atoms with Crippen LogP contribution in [0.3, 0.4) is 0 Å². The molecule has 0 spiro atoms. The van der Waals surface area contributed by atoms with Crippen LogP contribution in [0.1, 0.15) is 38.4 Å². The fourth-order valence-corrected chi connectivity index (χ4v) is 4.66. The lowest BCUT2D eigenvalue weighted by atomic mass is 9.96. The van der Waals surface area contributed by atoms with Crippen LogP contribution in [-0.2, 0) is 19.5 Å². The fourth-order valence-electron chi connectivity index (χ4n) is 4.66. The van der Waals surface area contributed by atoms with E-state index in [4.69, 9.17) is 0 Å². The molecule has 1 N–H and O–H groups in total. The van der Waals surface area contributed by atoms with Gasteiger partial charge in [-0.2, -0.15) is 5.21 Å². The lowest BCUT2D eigenvalue weighted by Gasteiger charge is -2.14. The maximum absolute atomic E-state index is 13.8. The molecular formula is C27H30N8O. The topological polar surface area (TPSA) is 99.2 Å². The van der Waals surface area contributed by atoms with E-state index < -0.39 is 0 Å². The normalized spacial score (nSPS) is 11.4. The number of pyridine rings is 1. The third-order valence-electron chi connectivity index (χ3n) is 6.22. The molecule has 5 rings (SSSR count). The zero-order valence-electron chi connectivity index (χ0n) is 20.8. The Hall–Kier alpha value is -4.27. The first kappa shape index (κ1) is 23.5. The van der Waals surface area contributed by atoms with Crippen molar-refractivity contribution < 1.29 is 0 Å². The van der Waals surface area contributed by atoms with Gasteiger partial charge < -0.3 is 4.57 Å². The third-order valence-corrected chi connectivity index (χ3v) is 6.22. The average Bonchev–Trinajstić information content (AvgIpc) is 3.62. The molecule has 5 aromatic rings. The highest BCUT2D eigenvalue weighted by atomic mass is 16.1. The number of tetrazole rings is 1. The number of nitrogens with one attached hydrogen (secondary N) is 1. The van der Waals surface area contributed by atoms with E-state index in [1.807, 2.05) is 65.6 Å². The van der Waals surface area contributed by atoms with Crippen LogP contribution in [0, 0.1) is 5.92 Å². The summed E-state index contributed by atoms with van der Waals surface area (Å²) in [5, 5.41) is 14.6. The third kappa shape index (κ3) is 4.51. The summed E-state index contributed by atoms with van der Waals surface area (Å²) >= 11 is 0. The number of aromatic nitrogens is 8. The van der Waals surface area contributed by atoms with Crippen molar-refractivity contribution in [3.63, 3.8) is 0 Å². The molecule has 0 fully saturated rings. The van der Waals surface area contributed by atoms with Crippen LogP contribution >= 0.6 is 0 Å². The predicted octanol–water partition coefficient (Wildman–Crippen LogP) is 4.34. The highest BCUT2D eigenvalue weighted by Gasteiger charge is 2.18. The monoisotopic (exact) mass is 482 g/mol. The van der Waals surface area contributed by atoms with E-state index in [-0.39, 0.29) is 5.69 Å². The number of hydrogen-bond acceptors (Lipinski definition) is 5. The first-order chi connectivity index (χ1) is 17.6. The van der Waals surface area contributed by atoms with Crippen molar-refractivity contribution in [2.24, 2.45) is 5.92 Å². The molecule has 0 radical (unpaired) electrons. The second-order valence-electron chi connectivity index (χ2n) is 9.34. The number of rotatable bonds is 9. The smallest absolute Gasteiger partial charge is 0.334 e. The zero-order valence-corrected chi connectivity index (χ0v) is 20.8. The standard InChI is InChI=1S/C27H30N8O/c1-4-8-21-18-35(25-11-7-14-33(25)16-19(2)3)27(36)34(21)17-20-15-28-13-12-22(20)23-9-5-6-10-24(23)26-29-31-32-30-26/h5-7,9-15,18-19H,4,8,16-17H2,1-3H3,(H,29,30,31,32). The molecule has 36 heavy (non-hydrogen) atoms. The lowest BCUT2D eigenvalue weighted by molar-refractivity contribution is 0.516. The van der Waals surface area contributed by atoms with Crippen molar-refractivity contribution in [1.29, 1.82) is 0 Å². The largest absolute Gasteiger partial charge is 0.334 e. The SMILES string of the molecule is CCCc1cn(-c2cccn2CC(C)C)c(=O)n1Cc1cnccc1-c1ccccc1-c1nn[nH]n1. The molecule has 0 aliphatic heterocycles. The van der Waals surface area contributed by atoms with Crippen LogP contribution in [0.5, 0.6) is 0 Å². The Labute approximate surface area is 209 Å². The summed E-state index contributed by atoms with van der Waals surface area (Å²) < 4.78 is 5.78. The van der Waals surface area contributed by atoms with Crippen molar-refractivity contribution in [2.45, 2.75) is 46.7 Å². The summed E-state index contributed by atoms with van der Waals surface area (Å²) in [6.07, 6.45) is 9.38. The van der Waals surface area contributed by atoms with E-state index in [2.05, 4.69) is 50.9 Å². The van der Waals surface area contributed by atoms with Gasteiger partial charge >= 0.3 is 5.69 Å². The van der Waals surface area contributed by atoms with Crippen molar-refractivity contribution in [1.82, 2.24) is 39.3 Å². The van der Waals surface area contributed by atoms with Crippen LogP contribution in [0.15, 0.2) is 72.0 Å². The Balaban J connectivity index is 1.59. The second-order valence-corrected chi connectivity index (χ2v) is 9.34. The summed E-state index contributed by atoms with van der Waals surface area (Å²) in [7, 11) is 0. The lowest BCUT2D eigenvalue weighted by Crippen LogP contribution is -2.26. The van der Waals surface area contributed by atoms with Crippen molar-refractivity contribution in [3.8, 4) is 28.3 Å². The molecule has 9 nitrogen and oxygen atoms in total. The van der Waals surface area contributed by atoms with Gasteiger partial charge in [-0.15, -0.1) is 10.2 Å². The van der Waals surface area contributed by atoms with Gasteiger partial charge in [-0.3, -0.25) is 14.1 Å². The fraction of sp³-hybridized carbons (Fsp3) is 0.296. The van der Waals surface area contributed by atoms with Gasteiger partial charge in [0.25, 0.3) is 0 Å². The van der Waals surface area contributed by atoms with Gasteiger partial charge in [0.2, 0.25) is 5.82 Å². The van der Waals surface area contributed by atoms with E-state index in [1.54, 1.807) is 10.8 Å². The van der Waals surface area contributed by atoms with E-state index in [9.17, 15) is 4.79 Å². The number of nitrogens with zero attached hydrogens (tertiary/aromatic N) is 7. The minimum absolute atomic E-state index is 0.0524. The van der Waals surface area contributed by atoms with Crippen molar-refractivity contribution in [2.75, 3.05) is 0 Å². The predicted molar refractivity (Wildman–Crippen MR) is 139 cm³/mol. The Bertz CT molecular complexity index is 1510. The molecule has 0 aliphatic carbocycles. The first-order valence-electron chi connectivity index (χ1n) is 12.3. The number of benzene rings is 1. The zero-order chi connectivity index (χ0) is 25.1. The molecule has 0 amide bonds. The second kappa shape index (κ2) is 10.2. The van der Waals surface area contributed by atoms with Crippen LogP contribution in [-0.4, -0.2) is 39.3 Å². The molecule has 4 heterocycles. The minimum atomic E-state index is -0.0524. The summed E-state index contributed by atoms with van der Waals surface area (Å²) in [5.41, 5.74) is 4.71. The van der Waals surface area contributed by atoms with Crippen molar-refractivity contribution >= 4 is 0 Å². The number of imidazole rings is 1. The quantitative estimate of drug-likeness (QED) is 0.337. The van der Waals surface area contributed by atoms with Gasteiger partial charge in [0, 0.05) is 42.6 Å². The number of H-pyrrole nitrogens is 1. The van der Waals surface area contributed by atoms with Gasteiger partial charge in [0.15, 0.2) is 0 Å². The van der Waals surface area contributed by atoms with Gasteiger partial charge in [-0.25, -0.2) is 4.79 Å². The number of aromatic amines is 1. The van der Waals surface area contributed by atoms with Crippen molar-refractivity contribution in [3.05, 3.63) is 89.0 Å². The highest BCUT2D eigenvalue weighted by molar-refractivity contribution is 5.81. The number of hydrogen-bond donors (Lipinski definition) is 1. The van der Waals surface area contributed by atoms with E-state index in [0.717, 1.165) is 53.2 Å². The number of aryl methyl sites for hydroxylation is 1. The highest BCUT2D eigenvalue weighted by Crippen LogP contribution is 2.32. The molecule has 0 bridgehead atoms. The molecule has 0 aliphatic rings. The van der Waals surface area contributed by atoms with E-state index in [0.29, 0.717) is 18.3 Å². The molecule has 4 aromatic heterocycles. The summed E-state index contributed by atoms with van der Waals surface area (Å²) in [6, 6.07) is 13.9. The molecule has 184 valence electrons. The van der Waals surface area contributed by atoms with Crippen LogP contribution in [0.4, 0.5) is 0 Å². The molecule has 0 saturated heterocycles. The Morgan fingerprint density at radius 3 is 2.61 bits per heavy atom. The van der Waals surface area contributed by atoms with Gasteiger partial charge in [0.05, 0.1) is 6.54 Å². The molecular weight excluding hydrogens is 452 g/mol. The summed E-state index contributed by atoms with van der Waals surface area (Å²) in [4.78, 5) is 18.2. The van der Waals surface area contributed by atoms with E-state index >= 15 is 0 Å². The minimum Gasteiger partial charge on any atom is -0.334 e. The molecule has 0 atom stereocenters. The summed E-state index contributed by atoms with van der Waals surface area (Å²) in [6.45, 7) is 7.75. The van der Waals surface area contributed by atoms with Gasteiger partial charge in [-0.05, 0) is 52.4 Å². The Morgan fingerprint density at radius 2 is 1.86 bits per heavy atom. The maximum atomic E-state index is 13.8. The van der Waals surface area contributed by atoms with Crippen LogP contribution < -0.4 is 5.69 Å². The first-order valence-corrected chi connectivity index (χ1v) is 12.3.